The molecule has 1 aromatic heterocycles. The van der Waals surface area contributed by atoms with Gasteiger partial charge in [0.1, 0.15) is 5.01 Å². The molecular weight excluding hydrogens is 237 g/mol. The Labute approximate surface area is 96.3 Å². The molecule has 0 amide bonds. The summed E-state index contributed by atoms with van der Waals surface area (Å²) < 4.78 is 0. The highest BCUT2D eigenvalue weighted by atomic mass is 35.5. The number of nitrogens with zero attached hydrogens (tertiary/aromatic N) is 1. The number of hydrogen-bond acceptors (Lipinski definition) is 2. The van der Waals surface area contributed by atoms with Crippen LogP contribution in [0.2, 0.25) is 5.02 Å². The first-order valence-corrected chi connectivity index (χ1v) is 5.85. The van der Waals surface area contributed by atoms with E-state index in [0.29, 0.717) is 5.88 Å². The Kier molecular flexibility index (Phi) is 3.06. The van der Waals surface area contributed by atoms with E-state index in [4.69, 9.17) is 23.2 Å². The zero-order valence-corrected chi connectivity index (χ0v) is 9.53. The molecule has 0 spiro atoms. The smallest absolute Gasteiger partial charge is 0.108 e. The lowest BCUT2D eigenvalue weighted by Crippen LogP contribution is -1.78. The molecule has 0 aliphatic heterocycles. The van der Waals surface area contributed by atoms with Gasteiger partial charge >= 0.3 is 0 Å². The monoisotopic (exact) mass is 243 g/mol. The fourth-order valence-electron chi connectivity index (χ4n) is 1.13. The fourth-order valence-corrected chi connectivity index (χ4v) is 2.15. The molecule has 1 aromatic carbocycles. The highest BCUT2D eigenvalue weighted by molar-refractivity contribution is 7.10. The molecule has 4 heteroatoms. The second kappa shape index (κ2) is 4.30. The van der Waals surface area contributed by atoms with Crippen molar-refractivity contribution in [1.82, 2.24) is 4.98 Å². The van der Waals surface area contributed by atoms with Crippen molar-refractivity contribution in [3.8, 4) is 11.3 Å². The summed E-state index contributed by atoms with van der Waals surface area (Å²) in [6, 6.07) is 7.62. The van der Waals surface area contributed by atoms with Gasteiger partial charge in [-0.3, -0.25) is 0 Å². The number of aromatic nitrogens is 1. The highest BCUT2D eigenvalue weighted by Gasteiger charge is 2.02. The molecule has 0 bridgehead atoms. The molecule has 0 aliphatic rings. The van der Waals surface area contributed by atoms with E-state index in [-0.39, 0.29) is 0 Å². The standard InChI is InChI=1S/C10H7Cl2NS/c11-5-10-13-9(6-14-10)7-1-3-8(12)4-2-7/h1-4,6H,5H2. The third kappa shape index (κ3) is 2.08. The van der Waals surface area contributed by atoms with Crippen LogP contribution in [0.25, 0.3) is 11.3 Å². The van der Waals surface area contributed by atoms with Gasteiger partial charge in [0.15, 0.2) is 0 Å². The van der Waals surface area contributed by atoms with E-state index in [9.17, 15) is 0 Å². The van der Waals surface area contributed by atoms with Gasteiger partial charge < -0.3 is 0 Å². The largest absolute Gasteiger partial charge is 0.240 e. The van der Waals surface area contributed by atoms with Gasteiger partial charge in [0.2, 0.25) is 0 Å². The molecule has 0 saturated heterocycles. The van der Waals surface area contributed by atoms with E-state index in [2.05, 4.69) is 4.98 Å². The van der Waals surface area contributed by atoms with Crippen LogP contribution in [0, 0.1) is 0 Å². The average molecular weight is 244 g/mol. The Morgan fingerprint density at radius 1 is 1.21 bits per heavy atom. The molecule has 72 valence electrons. The second-order valence-corrected chi connectivity index (χ2v) is 4.41. The summed E-state index contributed by atoms with van der Waals surface area (Å²) in [5, 5.41) is 3.68. The second-order valence-electron chi connectivity index (χ2n) is 2.77. The maximum atomic E-state index is 5.79. The zero-order valence-electron chi connectivity index (χ0n) is 7.21. The van der Waals surface area contributed by atoms with Crippen molar-refractivity contribution < 1.29 is 0 Å². The van der Waals surface area contributed by atoms with Crippen molar-refractivity contribution in [3.63, 3.8) is 0 Å². The van der Waals surface area contributed by atoms with Crippen molar-refractivity contribution in [2.24, 2.45) is 0 Å². The van der Waals surface area contributed by atoms with Gasteiger partial charge in [0.05, 0.1) is 11.6 Å². The number of benzene rings is 1. The van der Waals surface area contributed by atoms with E-state index in [1.54, 1.807) is 11.3 Å². The van der Waals surface area contributed by atoms with E-state index in [1.165, 1.54) is 0 Å². The minimum absolute atomic E-state index is 0.470. The predicted octanol–water partition coefficient (Wildman–Crippen LogP) is 4.20. The molecule has 0 radical (unpaired) electrons. The maximum absolute atomic E-state index is 5.79. The third-order valence-corrected chi connectivity index (χ3v) is 3.32. The van der Waals surface area contributed by atoms with Gasteiger partial charge in [-0.2, -0.15) is 0 Å². The Hall–Kier alpha value is -0.570. The summed E-state index contributed by atoms with van der Waals surface area (Å²) >= 11 is 13.0. The van der Waals surface area contributed by atoms with Gasteiger partial charge in [0.25, 0.3) is 0 Å². The normalized spacial score (nSPS) is 10.4. The molecular formula is C10H7Cl2NS. The topological polar surface area (TPSA) is 12.9 Å². The summed E-state index contributed by atoms with van der Waals surface area (Å²) in [4.78, 5) is 4.37. The van der Waals surface area contributed by atoms with Gasteiger partial charge in [-0.05, 0) is 12.1 Å². The van der Waals surface area contributed by atoms with E-state index in [1.807, 2.05) is 29.6 Å². The molecule has 0 fully saturated rings. The van der Waals surface area contributed by atoms with Crippen LogP contribution in [0.3, 0.4) is 0 Å². The first-order chi connectivity index (χ1) is 6.79. The molecule has 1 heterocycles. The maximum Gasteiger partial charge on any atom is 0.108 e. The van der Waals surface area contributed by atoms with Crippen molar-refractivity contribution in [2.45, 2.75) is 5.88 Å². The summed E-state index contributed by atoms with van der Waals surface area (Å²) in [5.41, 5.74) is 2.03. The number of halogens is 2. The summed E-state index contributed by atoms with van der Waals surface area (Å²) in [6.07, 6.45) is 0. The van der Waals surface area contributed by atoms with Crippen molar-refractivity contribution in [3.05, 3.63) is 39.7 Å². The van der Waals surface area contributed by atoms with Gasteiger partial charge in [-0.25, -0.2) is 4.98 Å². The molecule has 0 saturated carbocycles. The lowest BCUT2D eigenvalue weighted by atomic mass is 10.2. The van der Waals surface area contributed by atoms with Crippen molar-refractivity contribution in [2.75, 3.05) is 0 Å². The SMILES string of the molecule is ClCc1nc(-c2ccc(Cl)cc2)cs1. The minimum atomic E-state index is 0.470. The van der Waals surface area contributed by atoms with Gasteiger partial charge in [-0.1, -0.05) is 23.7 Å². The van der Waals surface area contributed by atoms with Crippen LogP contribution in [0.1, 0.15) is 5.01 Å². The average Bonchev–Trinajstić information content (AvgIpc) is 2.67. The van der Waals surface area contributed by atoms with Crippen LogP contribution in [-0.4, -0.2) is 4.98 Å². The molecule has 0 aliphatic carbocycles. The summed E-state index contributed by atoms with van der Waals surface area (Å²) in [7, 11) is 0. The summed E-state index contributed by atoms with van der Waals surface area (Å²) in [6.45, 7) is 0. The third-order valence-electron chi connectivity index (χ3n) is 1.81. The van der Waals surface area contributed by atoms with Crippen LogP contribution < -0.4 is 0 Å². The minimum Gasteiger partial charge on any atom is -0.240 e. The first kappa shape index (κ1) is 9.97. The lowest BCUT2D eigenvalue weighted by molar-refractivity contribution is 1.26. The molecule has 1 nitrogen and oxygen atoms in total. The zero-order chi connectivity index (χ0) is 9.97. The predicted molar refractivity (Wildman–Crippen MR) is 62.1 cm³/mol. The fraction of sp³-hybridized carbons (Fsp3) is 0.100. The molecule has 2 rings (SSSR count). The lowest BCUT2D eigenvalue weighted by Gasteiger charge is -1.95. The van der Waals surface area contributed by atoms with Crippen LogP contribution in [-0.2, 0) is 5.88 Å². The van der Waals surface area contributed by atoms with Crippen LogP contribution in [0.5, 0.6) is 0 Å². The quantitative estimate of drug-likeness (QED) is 0.721. The van der Waals surface area contributed by atoms with E-state index < -0.39 is 0 Å². The first-order valence-electron chi connectivity index (χ1n) is 4.06. The van der Waals surface area contributed by atoms with Gasteiger partial charge in [0, 0.05) is 16.0 Å². The Balaban J connectivity index is 2.34. The summed E-state index contributed by atoms with van der Waals surface area (Å²) in [5.74, 6) is 0.470. The van der Waals surface area contributed by atoms with Crippen molar-refractivity contribution in [1.29, 1.82) is 0 Å². The number of rotatable bonds is 2. The Morgan fingerprint density at radius 2 is 1.93 bits per heavy atom. The molecule has 0 atom stereocenters. The van der Waals surface area contributed by atoms with Crippen LogP contribution >= 0.6 is 34.5 Å². The molecule has 0 N–H and O–H groups in total. The van der Waals surface area contributed by atoms with Gasteiger partial charge in [-0.15, -0.1) is 22.9 Å². The molecule has 2 aromatic rings. The van der Waals surface area contributed by atoms with E-state index in [0.717, 1.165) is 21.3 Å². The van der Waals surface area contributed by atoms with Crippen molar-refractivity contribution >= 4 is 34.5 Å². The number of hydrogen-bond donors (Lipinski definition) is 0. The van der Waals surface area contributed by atoms with Crippen LogP contribution in [0.4, 0.5) is 0 Å². The van der Waals surface area contributed by atoms with E-state index >= 15 is 0 Å². The Morgan fingerprint density at radius 3 is 2.50 bits per heavy atom. The Bertz CT molecular complexity index is 422. The molecule has 14 heavy (non-hydrogen) atoms. The molecule has 0 unspecified atom stereocenters. The number of thiazole rings is 1. The highest BCUT2D eigenvalue weighted by Crippen LogP contribution is 2.23. The number of alkyl halides is 1. The van der Waals surface area contributed by atoms with Crippen LogP contribution in [0.15, 0.2) is 29.6 Å².